The fraction of sp³-hybridized carbons (Fsp3) is 1.00. The zero-order valence-electron chi connectivity index (χ0n) is 14.9. The van der Waals surface area contributed by atoms with Crippen molar-refractivity contribution in [1.29, 1.82) is 0 Å². The number of rotatable bonds is 12. The summed E-state index contributed by atoms with van der Waals surface area (Å²) < 4.78 is 5.93. The maximum Gasteiger partial charge on any atom is 0.0559 e. The van der Waals surface area contributed by atoms with E-state index < -0.39 is 0 Å². The summed E-state index contributed by atoms with van der Waals surface area (Å²) in [4.78, 5) is 0. The van der Waals surface area contributed by atoms with Crippen LogP contribution in [0.5, 0.6) is 0 Å². The van der Waals surface area contributed by atoms with Gasteiger partial charge in [0, 0.05) is 17.7 Å². The summed E-state index contributed by atoms with van der Waals surface area (Å²) in [5.74, 6) is 0. The molecule has 0 aliphatic rings. The highest BCUT2D eigenvalue weighted by molar-refractivity contribution is 4.77. The van der Waals surface area contributed by atoms with E-state index in [0.29, 0.717) is 6.10 Å². The van der Waals surface area contributed by atoms with Crippen LogP contribution in [0.4, 0.5) is 0 Å². The van der Waals surface area contributed by atoms with E-state index in [-0.39, 0.29) is 11.1 Å². The highest BCUT2D eigenvalue weighted by Crippen LogP contribution is 2.11. The quantitative estimate of drug-likeness (QED) is 0.573. The Balaban J connectivity index is 3.70. The van der Waals surface area contributed by atoms with E-state index in [1.54, 1.807) is 0 Å². The van der Waals surface area contributed by atoms with Gasteiger partial charge in [-0.1, -0.05) is 13.8 Å². The first-order chi connectivity index (χ1) is 9.22. The zero-order chi connectivity index (χ0) is 15.6. The molecule has 122 valence electrons. The molecule has 3 heteroatoms. The molecule has 0 aromatic heterocycles. The van der Waals surface area contributed by atoms with Crippen LogP contribution in [0.3, 0.4) is 0 Å². The van der Waals surface area contributed by atoms with Gasteiger partial charge in [0.15, 0.2) is 0 Å². The SMILES string of the molecule is CCCNC(C)(C)CCOC(C)CCNC(C)(C)CC. The van der Waals surface area contributed by atoms with Crippen LogP contribution < -0.4 is 10.6 Å². The topological polar surface area (TPSA) is 33.3 Å². The van der Waals surface area contributed by atoms with Crippen LogP contribution in [0.15, 0.2) is 0 Å². The molecule has 2 N–H and O–H groups in total. The van der Waals surface area contributed by atoms with E-state index in [2.05, 4.69) is 59.1 Å². The Kier molecular flexibility index (Phi) is 9.69. The van der Waals surface area contributed by atoms with Gasteiger partial charge in [-0.2, -0.15) is 0 Å². The molecule has 0 heterocycles. The van der Waals surface area contributed by atoms with Gasteiger partial charge in [0.2, 0.25) is 0 Å². The standard InChI is InChI=1S/C17H38N2O/c1-8-12-18-17(6,7)11-14-20-15(3)10-13-19-16(4,5)9-2/h15,18-19H,8-14H2,1-7H3. The fourth-order valence-electron chi connectivity index (χ4n) is 1.89. The predicted octanol–water partition coefficient (Wildman–Crippen LogP) is 3.73. The van der Waals surface area contributed by atoms with Crippen molar-refractivity contribution in [1.82, 2.24) is 10.6 Å². The summed E-state index contributed by atoms with van der Waals surface area (Å²) in [6.07, 6.45) is 4.80. The van der Waals surface area contributed by atoms with Crippen LogP contribution in [0.25, 0.3) is 0 Å². The number of hydrogen-bond acceptors (Lipinski definition) is 3. The van der Waals surface area contributed by atoms with Crippen LogP contribution in [0.2, 0.25) is 0 Å². The Morgan fingerprint density at radius 1 is 0.950 bits per heavy atom. The largest absolute Gasteiger partial charge is 0.378 e. The summed E-state index contributed by atoms with van der Waals surface area (Å²) in [6.45, 7) is 18.5. The monoisotopic (exact) mass is 286 g/mol. The first-order valence-corrected chi connectivity index (χ1v) is 8.34. The molecule has 0 fully saturated rings. The van der Waals surface area contributed by atoms with Gasteiger partial charge in [-0.05, 0) is 73.4 Å². The predicted molar refractivity (Wildman–Crippen MR) is 89.4 cm³/mol. The van der Waals surface area contributed by atoms with Gasteiger partial charge in [0.25, 0.3) is 0 Å². The Morgan fingerprint density at radius 2 is 1.55 bits per heavy atom. The lowest BCUT2D eigenvalue weighted by molar-refractivity contribution is 0.0465. The third-order valence-corrected chi connectivity index (χ3v) is 4.02. The Bertz CT molecular complexity index is 239. The lowest BCUT2D eigenvalue weighted by Gasteiger charge is -2.28. The normalized spacial score (nSPS) is 14.6. The third-order valence-electron chi connectivity index (χ3n) is 4.02. The van der Waals surface area contributed by atoms with Crippen molar-refractivity contribution in [2.45, 2.75) is 91.3 Å². The first-order valence-electron chi connectivity index (χ1n) is 8.34. The van der Waals surface area contributed by atoms with Gasteiger partial charge >= 0.3 is 0 Å². The lowest BCUT2D eigenvalue weighted by Crippen LogP contribution is -2.41. The van der Waals surface area contributed by atoms with Gasteiger partial charge in [0.1, 0.15) is 0 Å². The molecule has 0 radical (unpaired) electrons. The van der Waals surface area contributed by atoms with E-state index in [0.717, 1.165) is 39.0 Å². The molecule has 1 atom stereocenters. The summed E-state index contributed by atoms with van der Waals surface area (Å²) in [6, 6.07) is 0. The molecule has 1 unspecified atom stereocenters. The van der Waals surface area contributed by atoms with Crippen LogP contribution in [-0.2, 0) is 4.74 Å². The minimum Gasteiger partial charge on any atom is -0.378 e. The van der Waals surface area contributed by atoms with Gasteiger partial charge in [0.05, 0.1) is 6.10 Å². The molecule has 3 nitrogen and oxygen atoms in total. The van der Waals surface area contributed by atoms with E-state index >= 15 is 0 Å². The highest BCUT2D eigenvalue weighted by atomic mass is 16.5. The van der Waals surface area contributed by atoms with Crippen molar-refractivity contribution >= 4 is 0 Å². The van der Waals surface area contributed by atoms with Crippen LogP contribution in [0, 0.1) is 0 Å². The average Bonchev–Trinajstić information content (AvgIpc) is 2.36. The minimum atomic E-state index is 0.179. The van der Waals surface area contributed by atoms with Gasteiger partial charge in [-0.3, -0.25) is 0 Å². The summed E-state index contributed by atoms with van der Waals surface area (Å²) in [5, 5.41) is 7.14. The van der Waals surface area contributed by atoms with Crippen LogP contribution in [-0.4, -0.2) is 36.9 Å². The molecule has 0 bridgehead atoms. The van der Waals surface area contributed by atoms with Crippen molar-refractivity contribution in [3.63, 3.8) is 0 Å². The maximum atomic E-state index is 5.93. The fourth-order valence-corrected chi connectivity index (χ4v) is 1.89. The minimum absolute atomic E-state index is 0.179. The Hall–Kier alpha value is -0.120. The molecular weight excluding hydrogens is 248 g/mol. The van der Waals surface area contributed by atoms with E-state index in [1.165, 1.54) is 6.42 Å². The molecule has 0 rings (SSSR count). The second-order valence-electron chi connectivity index (χ2n) is 7.19. The van der Waals surface area contributed by atoms with Crippen molar-refractivity contribution in [3.05, 3.63) is 0 Å². The molecule has 0 saturated carbocycles. The highest BCUT2D eigenvalue weighted by Gasteiger charge is 2.17. The molecule has 0 aliphatic heterocycles. The Morgan fingerprint density at radius 3 is 2.10 bits per heavy atom. The molecule has 0 aromatic rings. The summed E-state index contributed by atoms with van der Waals surface area (Å²) in [7, 11) is 0. The number of hydrogen-bond donors (Lipinski definition) is 2. The van der Waals surface area contributed by atoms with E-state index in [4.69, 9.17) is 4.74 Å². The summed E-state index contributed by atoms with van der Waals surface area (Å²) >= 11 is 0. The first kappa shape index (κ1) is 19.9. The average molecular weight is 287 g/mol. The van der Waals surface area contributed by atoms with Gasteiger partial charge in [-0.25, -0.2) is 0 Å². The zero-order valence-corrected chi connectivity index (χ0v) is 14.9. The van der Waals surface area contributed by atoms with Crippen molar-refractivity contribution < 1.29 is 4.74 Å². The van der Waals surface area contributed by atoms with E-state index in [1.807, 2.05) is 0 Å². The third kappa shape index (κ3) is 10.6. The number of nitrogens with one attached hydrogen (secondary N) is 2. The van der Waals surface area contributed by atoms with Gasteiger partial charge < -0.3 is 15.4 Å². The second kappa shape index (κ2) is 9.75. The summed E-state index contributed by atoms with van der Waals surface area (Å²) in [5.41, 5.74) is 0.421. The molecule has 0 saturated heterocycles. The second-order valence-corrected chi connectivity index (χ2v) is 7.19. The van der Waals surface area contributed by atoms with Crippen molar-refractivity contribution in [3.8, 4) is 0 Å². The Labute approximate surface area is 127 Å². The number of ether oxygens (including phenoxy) is 1. The molecule has 20 heavy (non-hydrogen) atoms. The molecular formula is C17H38N2O. The van der Waals surface area contributed by atoms with Crippen LogP contribution >= 0.6 is 0 Å². The van der Waals surface area contributed by atoms with Crippen LogP contribution in [0.1, 0.15) is 74.1 Å². The molecule has 0 spiro atoms. The smallest absolute Gasteiger partial charge is 0.0559 e. The molecule has 0 amide bonds. The maximum absolute atomic E-state index is 5.93. The van der Waals surface area contributed by atoms with Gasteiger partial charge in [-0.15, -0.1) is 0 Å². The molecule has 0 aromatic carbocycles. The molecule has 0 aliphatic carbocycles. The van der Waals surface area contributed by atoms with E-state index in [9.17, 15) is 0 Å². The van der Waals surface area contributed by atoms with Crippen molar-refractivity contribution in [2.75, 3.05) is 19.7 Å². The van der Waals surface area contributed by atoms with Crippen molar-refractivity contribution in [2.24, 2.45) is 0 Å². The lowest BCUT2D eigenvalue weighted by atomic mass is 10.0.